The minimum atomic E-state index is -1.56. The molecule has 1 atom stereocenters. The average molecular weight is 410 g/mol. The number of aryl methyl sites for hydroxylation is 1. The molecule has 0 saturated heterocycles. The first-order valence-electron chi connectivity index (χ1n) is 4.95. The molecule has 2 rings (SSSR count). The van der Waals surface area contributed by atoms with E-state index in [-0.39, 0.29) is 77.8 Å². The normalized spacial score (nSPS) is 20.1. The van der Waals surface area contributed by atoms with Gasteiger partial charge in [-0.2, -0.15) is 0 Å². The molecule has 1 aliphatic rings. The summed E-state index contributed by atoms with van der Waals surface area (Å²) >= 11 is 0. The zero-order chi connectivity index (χ0) is 11.9. The molecule has 19 heavy (non-hydrogen) atoms. The van der Waals surface area contributed by atoms with E-state index in [2.05, 4.69) is 0 Å². The zero-order valence-electron chi connectivity index (χ0n) is 10.4. The second-order valence-corrected chi connectivity index (χ2v) is 3.95. The second kappa shape index (κ2) is 7.59. The van der Waals surface area contributed by atoms with Gasteiger partial charge < -0.3 is 44.9 Å². The van der Waals surface area contributed by atoms with E-state index in [4.69, 9.17) is 4.74 Å². The SMILES string of the molecule is COC1(O)CC=C([O-])c2c([O-])cc(C)cc21.[Cl-].[Cl-].[Sn+4]. The molecule has 102 valence electrons. The van der Waals surface area contributed by atoms with Gasteiger partial charge in [0.2, 0.25) is 0 Å². The summed E-state index contributed by atoms with van der Waals surface area (Å²) in [6.07, 6.45) is 1.35. The third-order valence-corrected chi connectivity index (χ3v) is 2.82. The first-order chi connectivity index (χ1) is 7.48. The van der Waals surface area contributed by atoms with Crippen molar-refractivity contribution in [2.24, 2.45) is 0 Å². The third kappa shape index (κ3) is 3.70. The standard InChI is InChI=1S/C12H14O4.2ClH.Sn/c1-7-5-8-11(10(14)6-7)9(13)3-4-12(8,15)16-2;;;/h3,5-6,13-15H,4H2,1-2H3;2*1H;/q;;;+4/p-4. The van der Waals surface area contributed by atoms with Crippen molar-refractivity contribution in [3.63, 3.8) is 0 Å². The molecule has 0 spiro atoms. The maximum absolute atomic E-state index is 11.7. The fraction of sp³-hybridized carbons (Fsp3) is 0.333. The summed E-state index contributed by atoms with van der Waals surface area (Å²) in [6.45, 7) is 1.74. The Balaban J connectivity index is 0. The fourth-order valence-corrected chi connectivity index (χ4v) is 1.95. The van der Waals surface area contributed by atoms with Gasteiger partial charge in [-0.15, -0.1) is 11.5 Å². The number of fused-ring (bicyclic) bond motifs is 1. The summed E-state index contributed by atoms with van der Waals surface area (Å²) < 4.78 is 5.00. The summed E-state index contributed by atoms with van der Waals surface area (Å²) in [5, 5.41) is 33.4. The molecule has 0 aromatic heterocycles. The van der Waals surface area contributed by atoms with Gasteiger partial charge in [0.1, 0.15) is 0 Å². The van der Waals surface area contributed by atoms with Gasteiger partial charge in [0, 0.05) is 19.1 Å². The Labute approximate surface area is 141 Å². The first kappa shape index (κ1) is 21.2. The van der Waals surface area contributed by atoms with Crippen LogP contribution >= 0.6 is 0 Å². The molecular formula is C12H12Cl2O4Sn. The van der Waals surface area contributed by atoms with Crippen molar-refractivity contribution in [3.8, 4) is 5.75 Å². The van der Waals surface area contributed by atoms with Gasteiger partial charge >= 0.3 is 23.9 Å². The molecule has 0 radical (unpaired) electrons. The number of ether oxygens (including phenoxy) is 1. The second-order valence-electron chi connectivity index (χ2n) is 3.95. The van der Waals surface area contributed by atoms with Crippen molar-refractivity contribution in [1.82, 2.24) is 0 Å². The Kier molecular flexibility index (Phi) is 8.45. The molecule has 1 unspecified atom stereocenters. The van der Waals surface area contributed by atoms with Crippen molar-refractivity contribution in [1.29, 1.82) is 0 Å². The third-order valence-electron chi connectivity index (χ3n) is 2.82. The molecule has 1 aliphatic carbocycles. The van der Waals surface area contributed by atoms with E-state index in [1.807, 2.05) is 0 Å². The van der Waals surface area contributed by atoms with Crippen LogP contribution in [0.15, 0.2) is 18.2 Å². The fourth-order valence-electron chi connectivity index (χ4n) is 1.95. The van der Waals surface area contributed by atoms with E-state index in [9.17, 15) is 15.3 Å². The topological polar surface area (TPSA) is 75.6 Å². The number of methoxy groups -OCH3 is 1. The number of benzene rings is 1. The minimum Gasteiger partial charge on any atom is -1.00 e. The van der Waals surface area contributed by atoms with Crippen LogP contribution in [0.25, 0.3) is 5.76 Å². The van der Waals surface area contributed by atoms with E-state index < -0.39 is 5.79 Å². The van der Waals surface area contributed by atoms with E-state index in [1.165, 1.54) is 19.3 Å². The average Bonchev–Trinajstić information content (AvgIpc) is 2.23. The summed E-state index contributed by atoms with van der Waals surface area (Å²) in [5.74, 6) is -2.28. The Morgan fingerprint density at radius 3 is 2.37 bits per heavy atom. The smallest absolute Gasteiger partial charge is 1.00 e. The summed E-state index contributed by atoms with van der Waals surface area (Å²) in [4.78, 5) is 0. The van der Waals surface area contributed by atoms with E-state index in [0.29, 0.717) is 5.56 Å². The van der Waals surface area contributed by atoms with Crippen LogP contribution in [-0.2, 0) is 10.5 Å². The van der Waals surface area contributed by atoms with Crippen molar-refractivity contribution >= 4 is 29.7 Å². The van der Waals surface area contributed by atoms with Crippen LogP contribution in [0, 0.1) is 6.92 Å². The molecule has 7 heteroatoms. The van der Waals surface area contributed by atoms with Crippen LogP contribution < -0.4 is 35.0 Å². The van der Waals surface area contributed by atoms with Gasteiger partial charge in [0.05, 0.1) is 0 Å². The first-order valence-corrected chi connectivity index (χ1v) is 4.95. The Morgan fingerprint density at radius 2 is 1.84 bits per heavy atom. The molecular weight excluding hydrogens is 398 g/mol. The maximum Gasteiger partial charge on any atom is 4.00 e. The van der Waals surface area contributed by atoms with Gasteiger partial charge in [-0.25, -0.2) is 0 Å². The van der Waals surface area contributed by atoms with Crippen molar-refractivity contribution in [3.05, 3.63) is 34.9 Å². The summed E-state index contributed by atoms with van der Waals surface area (Å²) in [6, 6.07) is 3.00. The van der Waals surface area contributed by atoms with E-state index >= 15 is 0 Å². The Hall–Kier alpha value is -0.141. The molecule has 0 fully saturated rings. The van der Waals surface area contributed by atoms with Crippen molar-refractivity contribution in [2.75, 3.05) is 7.11 Å². The van der Waals surface area contributed by atoms with E-state index in [1.54, 1.807) is 13.0 Å². The molecule has 4 nitrogen and oxygen atoms in total. The monoisotopic (exact) mass is 410 g/mol. The number of aliphatic hydroxyl groups is 1. The number of rotatable bonds is 1. The van der Waals surface area contributed by atoms with Crippen LogP contribution in [0.1, 0.15) is 23.1 Å². The molecule has 0 saturated carbocycles. The van der Waals surface area contributed by atoms with Crippen LogP contribution in [0.5, 0.6) is 5.75 Å². The van der Waals surface area contributed by atoms with Crippen LogP contribution in [-0.4, -0.2) is 36.1 Å². The summed E-state index contributed by atoms with van der Waals surface area (Å²) in [5.41, 5.74) is 0.989. The molecule has 0 heterocycles. The minimum absolute atomic E-state index is 0. The molecule has 0 aliphatic heterocycles. The van der Waals surface area contributed by atoms with Crippen LogP contribution in [0.2, 0.25) is 0 Å². The van der Waals surface area contributed by atoms with Gasteiger partial charge in [0.25, 0.3) is 0 Å². The molecule has 1 aromatic carbocycles. The number of hydrogen-bond acceptors (Lipinski definition) is 4. The molecule has 0 amide bonds. The predicted octanol–water partition coefficient (Wildman–Crippen LogP) is -6.41. The Morgan fingerprint density at radius 1 is 1.26 bits per heavy atom. The van der Waals surface area contributed by atoms with Crippen LogP contribution in [0.4, 0.5) is 0 Å². The molecule has 1 aromatic rings. The quantitative estimate of drug-likeness (QED) is 0.370. The number of halogens is 2. The maximum atomic E-state index is 11.7. The van der Waals surface area contributed by atoms with Gasteiger partial charge in [-0.1, -0.05) is 23.8 Å². The van der Waals surface area contributed by atoms with Gasteiger partial charge in [-0.3, -0.25) is 0 Å². The van der Waals surface area contributed by atoms with E-state index in [0.717, 1.165) is 0 Å². The number of hydrogen-bond donors (Lipinski definition) is 1. The summed E-state index contributed by atoms with van der Waals surface area (Å²) in [7, 11) is 1.35. The molecule has 0 bridgehead atoms. The van der Waals surface area contributed by atoms with Crippen molar-refractivity contribution in [2.45, 2.75) is 19.1 Å². The van der Waals surface area contributed by atoms with Gasteiger partial charge in [0.15, 0.2) is 5.79 Å². The predicted molar refractivity (Wildman–Crippen MR) is 59.9 cm³/mol. The largest absolute Gasteiger partial charge is 4.00 e. The zero-order valence-corrected chi connectivity index (χ0v) is 14.7. The van der Waals surface area contributed by atoms with Crippen molar-refractivity contribution < 1.29 is 44.9 Å². The Bertz CT molecular complexity index is 479. The van der Waals surface area contributed by atoms with Gasteiger partial charge in [-0.05, 0) is 12.5 Å². The van der Waals surface area contributed by atoms with Crippen LogP contribution in [0.3, 0.4) is 0 Å². The molecule has 1 N–H and O–H groups in total.